The number of nitrogens with one attached hydrogen (secondary N) is 2. The maximum absolute atomic E-state index is 3.18. The van der Waals surface area contributed by atoms with Gasteiger partial charge in [0.25, 0.3) is 0 Å². The van der Waals surface area contributed by atoms with Gasteiger partial charge in [0.05, 0.1) is 6.67 Å². The molecule has 0 heterocycles. The fourth-order valence-corrected chi connectivity index (χ4v) is 0.746. The first-order valence-corrected chi connectivity index (χ1v) is 3.37. The van der Waals surface area contributed by atoms with Crippen molar-refractivity contribution in [3.05, 3.63) is 30.3 Å². The van der Waals surface area contributed by atoms with E-state index in [0.717, 1.165) is 12.4 Å². The summed E-state index contributed by atoms with van der Waals surface area (Å²) >= 11 is 0. The smallest absolute Gasteiger partial charge is 0.0650 e. The zero-order valence-electron chi connectivity index (χ0n) is 6.91. The summed E-state index contributed by atoms with van der Waals surface area (Å²) in [6.07, 6.45) is 0. The number of hydrogen-bond donors (Lipinski definition) is 2. The summed E-state index contributed by atoms with van der Waals surface area (Å²) < 4.78 is 0. The Bertz CT molecular complexity index is 180. The van der Waals surface area contributed by atoms with E-state index in [1.807, 2.05) is 37.4 Å². The highest BCUT2D eigenvalue weighted by atomic mass is 35.5. The van der Waals surface area contributed by atoms with Crippen LogP contribution in [0.1, 0.15) is 0 Å². The van der Waals surface area contributed by atoms with Crippen LogP contribution in [-0.4, -0.2) is 13.7 Å². The molecular weight excluding hydrogens is 195 g/mol. The van der Waals surface area contributed by atoms with Gasteiger partial charge in [-0.25, -0.2) is 0 Å². The molecule has 0 saturated heterocycles. The predicted octanol–water partition coefficient (Wildman–Crippen LogP) is 2.12. The summed E-state index contributed by atoms with van der Waals surface area (Å²) in [7, 11) is 1.91. The molecule has 0 atom stereocenters. The monoisotopic (exact) mass is 208 g/mol. The Morgan fingerprint density at radius 1 is 1.08 bits per heavy atom. The van der Waals surface area contributed by atoms with Gasteiger partial charge in [-0.1, -0.05) is 18.2 Å². The molecule has 2 nitrogen and oxygen atoms in total. The fourth-order valence-electron chi connectivity index (χ4n) is 0.746. The van der Waals surface area contributed by atoms with Crippen LogP contribution in [-0.2, 0) is 0 Å². The molecule has 2 N–H and O–H groups in total. The second kappa shape index (κ2) is 8.65. The van der Waals surface area contributed by atoms with Crippen LogP contribution < -0.4 is 10.6 Å². The van der Waals surface area contributed by atoms with Gasteiger partial charge in [0.15, 0.2) is 0 Å². The molecule has 1 rings (SSSR count). The van der Waals surface area contributed by atoms with Crippen LogP contribution in [0.25, 0.3) is 0 Å². The molecule has 12 heavy (non-hydrogen) atoms. The standard InChI is InChI=1S/C8H12N2.2ClH/c1-9-7-10-8-5-3-2-4-6-8;;/h2-6,9-10H,7H2,1H3;2*1H. The summed E-state index contributed by atoms with van der Waals surface area (Å²) in [6.45, 7) is 0.810. The molecule has 4 heteroatoms. The molecule has 0 aromatic heterocycles. The lowest BCUT2D eigenvalue weighted by atomic mass is 10.3. The topological polar surface area (TPSA) is 24.1 Å². The first-order chi connectivity index (χ1) is 4.93. The Balaban J connectivity index is 0. The van der Waals surface area contributed by atoms with Crippen LogP contribution >= 0.6 is 24.8 Å². The van der Waals surface area contributed by atoms with Crippen molar-refractivity contribution < 1.29 is 0 Å². The van der Waals surface area contributed by atoms with Gasteiger partial charge in [0.1, 0.15) is 0 Å². The Morgan fingerprint density at radius 3 is 2.17 bits per heavy atom. The Hall–Kier alpha value is -0.440. The Morgan fingerprint density at radius 2 is 1.67 bits per heavy atom. The number of para-hydroxylation sites is 1. The normalized spacial score (nSPS) is 7.75. The van der Waals surface area contributed by atoms with Crippen LogP contribution in [0, 0.1) is 0 Å². The van der Waals surface area contributed by atoms with Crippen LogP contribution in [0.5, 0.6) is 0 Å². The van der Waals surface area contributed by atoms with Gasteiger partial charge >= 0.3 is 0 Å². The number of rotatable bonds is 3. The highest BCUT2D eigenvalue weighted by Gasteiger charge is 1.83. The Kier molecular flexibility index (Phi) is 10.2. The van der Waals surface area contributed by atoms with Gasteiger partial charge < -0.3 is 10.6 Å². The minimum Gasteiger partial charge on any atom is -0.372 e. The highest BCUT2D eigenvalue weighted by molar-refractivity contribution is 5.85. The lowest BCUT2D eigenvalue weighted by molar-refractivity contribution is 0.874. The van der Waals surface area contributed by atoms with Gasteiger partial charge in [-0.15, -0.1) is 24.8 Å². The molecule has 0 aliphatic heterocycles. The van der Waals surface area contributed by atoms with Crippen molar-refractivity contribution in [3.8, 4) is 0 Å². The first-order valence-electron chi connectivity index (χ1n) is 3.37. The third kappa shape index (κ3) is 5.24. The predicted molar refractivity (Wildman–Crippen MR) is 58.5 cm³/mol. The van der Waals surface area contributed by atoms with Crippen molar-refractivity contribution in [2.24, 2.45) is 0 Å². The average molecular weight is 209 g/mol. The zero-order chi connectivity index (χ0) is 7.23. The van der Waals surface area contributed by atoms with E-state index in [9.17, 15) is 0 Å². The molecule has 0 radical (unpaired) electrons. The number of benzene rings is 1. The molecule has 0 spiro atoms. The van der Waals surface area contributed by atoms with Crippen molar-refractivity contribution in [3.63, 3.8) is 0 Å². The molecule has 0 aliphatic rings. The van der Waals surface area contributed by atoms with Gasteiger partial charge in [0.2, 0.25) is 0 Å². The number of halogens is 2. The summed E-state index contributed by atoms with van der Waals surface area (Å²) in [5.74, 6) is 0. The van der Waals surface area contributed by atoms with Crippen molar-refractivity contribution in [2.45, 2.75) is 0 Å². The van der Waals surface area contributed by atoms with Crippen molar-refractivity contribution in [1.82, 2.24) is 5.32 Å². The van der Waals surface area contributed by atoms with E-state index in [2.05, 4.69) is 10.6 Å². The second-order valence-electron chi connectivity index (χ2n) is 2.07. The zero-order valence-corrected chi connectivity index (χ0v) is 8.54. The fraction of sp³-hybridized carbons (Fsp3) is 0.250. The summed E-state index contributed by atoms with van der Waals surface area (Å²) in [6, 6.07) is 10.1. The van der Waals surface area contributed by atoms with E-state index in [1.54, 1.807) is 0 Å². The molecule has 70 valence electrons. The molecule has 0 aliphatic carbocycles. The lowest BCUT2D eigenvalue weighted by Crippen LogP contribution is -2.16. The van der Waals surface area contributed by atoms with Crippen molar-refractivity contribution in [2.75, 3.05) is 19.0 Å². The van der Waals surface area contributed by atoms with E-state index in [0.29, 0.717) is 0 Å². The number of hydrogen-bond acceptors (Lipinski definition) is 2. The van der Waals surface area contributed by atoms with Crippen molar-refractivity contribution >= 4 is 30.5 Å². The van der Waals surface area contributed by atoms with Gasteiger partial charge in [-0.3, -0.25) is 0 Å². The quantitative estimate of drug-likeness (QED) is 0.745. The second-order valence-corrected chi connectivity index (χ2v) is 2.07. The summed E-state index contributed by atoms with van der Waals surface area (Å²) in [4.78, 5) is 0. The molecule has 0 bridgehead atoms. The van der Waals surface area contributed by atoms with E-state index in [-0.39, 0.29) is 24.8 Å². The van der Waals surface area contributed by atoms with E-state index in [4.69, 9.17) is 0 Å². The molecule has 0 saturated carbocycles. The van der Waals surface area contributed by atoms with Gasteiger partial charge in [-0.2, -0.15) is 0 Å². The third-order valence-electron chi connectivity index (χ3n) is 1.24. The van der Waals surface area contributed by atoms with E-state index in [1.165, 1.54) is 0 Å². The number of anilines is 1. The molecule has 0 fully saturated rings. The maximum Gasteiger partial charge on any atom is 0.0650 e. The Labute approximate surface area is 85.6 Å². The molecule has 0 unspecified atom stereocenters. The molecule has 1 aromatic rings. The average Bonchev–Trinajstić information content (AvgIpc) is 2.03. The highest BCUT2D eigenvalue weighted by Crippen LogP contribution is 2.02. The summed E-state index contributed by atoms with van der Waals surface area (Å²) in [5, 5.41) is 6.19. The third-order valence-corrected chi connectivity index (χ3v) is 1.24. The van der Waals surface area contributed by atoms with Crippen LogP contribution in [0.2, 0.25) is 0 Å². The van der Waals surface area contributed by atoms with Crippen LogP contribution in [0.15, 0.2) is 30.3 Å². The molecular formula is C8H14Cl2N2. The van der Waals surface area contributed by atoms with Crippen LogP contribution in [0.3, 0.4) is 0 Å². The molecule has 0 amide bonds. The molecule has 1 aromatic carbocycles. The van der Waals surface area contributed by atoms with Crippen LogP contribution in [0.4, 0.5) is 5.69 Å². The maximum atomic E-state index is 3.18. The SMILES string of the molecule is CNCNc1ccccc1.Cl.Cl. The minimum atomic E-state index is 0. The van der Waals surface area contributed by atoms with E-state index >= 15 is 0 Å². The van der Waals surface area contributed by atoms with E-state index < -0.39 is 0 Å². The van der Waals surface area contributed by atoms with Crippen molar-refractivity contribution in [1.29, 1.82) is 0 Å². The minimum absolute atomic E-state index is 0. The first kappa shape index (κ1) is 14.1. The largest absolute Gasteiger partial charge is 0.372 e. The summed E-state index contributed by atoms with van der Waals surface area (Å²) in [5.41, 5.74) is 1.15. The van der Waals surface area contributed by atoms with Gasteiger partial charge in [-0.05, 0) is 19.2 Å². The van der Waals surface area contributed by atoms with Gasteiger partial charge in [0, 0.05) is 5.69 Å². The lowest BCUT2D eigenvalue weighted by Gasteiger charge is -2.02.